The second-order valence-corrected chi connectivity index (χ2v) is 4.04. The van der Waals surface area contributed by atoms with Gasteiger partial charge in [-0.05, 0) is 19.1 Å². The van der Waals surface area contributed by atoms with Crippen LogP contribution in [-0.2, 0) is 0 Å². The molecule has 5 heteroatoms. The van der Waals surface area contributed by atoms with Gasteiger partial charge in [-0.15, -0.1) is 0 Å². The molecule has 1 rings (SSSR count). The number of rotatable bonds is 4. The average molecular weight is 247 g/mol. The molecule has 0 saturated carbocycles. The van der Waals surface area contributed by atoms with Crippen molar-refractivity contribution in [1.29, 1.82) is 5.26 Å². The molecule has 0 bridgehead atoms. The average Bonchev–Trinajstić information content (AvgIpc) is 2.39. The molecule has 0 aliphatic carbocycles. The van der Waals surface area contributed by atoms with E-state index in [1.165, 1.54) is 4.90 Å². The molecular weight excluding hydrogens is 230 g/mol. The van der Waals surface area contributed by atoms with Crippen LogP contribution in [0.15, 0.2) is 24.3 Å². The summed E-state index contributed by atoms with van der Waals surface area (Å²) in [6, 6.07) is 9.01. The molecule has 5 nitrogen and oxygen atoms in total. The molecule has 1 aromatic rings. The third-order valence-electron chi connectivity index (χ3n) is 2.46. The Morgan fingerprint density at radius 2 is 2.22 bits per heavy atom. The molecule has 1 N–H and O–H groups in total. The van der Waals surface area contributed by atoms with Gasteiger partial charge in [-0.1, -0.05) is 12.1 Å². The normalized spacial score (nSPS) is 11.2. The first-order chi connectivity index (χ1) is 8.58. The Morgan fingerprint density at radius 3 is 2.83 bits per heavy atom. The fourth-order valence-corrected chi connectivity index (χ4v) is 1.49. The number of carbonyl (C=O) groups excluding carboxylic acids is 1. The van der Waals surface area contributed by atoms with Crippen molar-refractivity contribution in [3.05, 3.63) is 24.3 Å². The number of carbonyl (C=O) groups is 1. The minimum absolute atomic E-state index is 0.196. The number of hydrogen-bond acceptors (Lipinski definition) is 3. The molecule has 1 aromatic carbocycles. The summed E-state index contributed by atoms with van der Waals surface area (Å²) in [5.74, 6) is 0.408. The maximum absolute atomic E-state index is 11.9. The summed E-state index contributed by atoms with van der Waals surface area (Å²) >= 11 is 0. The minimum atomic E-state index is -0.262. The van der Waals surface area contributed by atoms with Gasteiger partial charge < -0.3 is 15.0 Å². The standard InChI is InChI=1S/C13H17N3O2/c1-10(8-14)9-16(2)13(17)15-11-6-4-5-7-12(11)18-3/h4-7,10H,9H2,1-3H3,(H,15,17). The van der Waals surface area contributed by atoms with Crippen LogP contribution in [0.4, 0.5) is 10.5 Å². The van der Waals surface area contributed by atoms with Gasteiger partial charge >= 0.3 is 6.03 Å². The molecule has 0 aliphatic heterocycles. The monoisotopic (exact) mass is 247 g/mol. The number of benzene rings is 1. The van der Waals surface area contributed by atoms with Crippen LogP contribution in [0.2, 0.25) is 0 Å². The van der Waals surface area contributed by atoms with Crippen LogP contribution in [0.1, 0.15) is 6.92 Å². The second kappa shape index (κ2) is 6.50. The van der Waals surface area contributed by atoms with Crippen molar-refractivity contribution in [2.24, 2.45) is 5.92 Å². The van der Waals surface area contributed by atoms with E-state index in [-0.39, 0.29) is 11.9 Å². The van der Waals surface area contributed by atoms with Crippen molar-refractivity contribution < 1.29 is 9.53 Å². The van der Waals surface area contributed by atoms with Gasteiger partial charge in [0.25, 0.3) is 0 Å². The molecule has 0 spiro atoms. The molecule has 96 valence electrons. The number of nitrogens with zero attached hydrogens (tertiary/aromatic N) is 2. The van der Waals surface area contributed by atoms with E-state index in [1.54, 1.807) is 33.2 Å². The highest BCUT2D eigenvalue weighted by atomic mass is 16.5. The molecule has 1 unspecified atom stereocenters. The van der Waals surface area contributed by atoms with Gasteiger partial charge in [0.15, 0.2) is 0 Å². The van der Waals surface area contributed by atoms with Crippen molar-refractivity contribution in [2.45, 2.75) is 6.92 Å². The van der Waals surface area contributed by atoms with Gasteiger partial charge in [0.1, 0.15) is 5.75 Å². The highest BCUT2D eigenvalue weighted by molar-refractivity contribution is 5.90. The van der Waals surface area contributed by atoms with Crippen LogP contribution in [0.5, 0.6) is 5.75 Å². The Labute approximate surface area is 107 Å². The van der Waals surface area contributed by atoms with Crippen molar-refractivity contribution in [3.63, 3.8) is 0 Å². The first-order valence-electron chi connectivity index (χ1n) is 5.63. The second-order valence-electron chi connectivity index (χ2n) is 4.04. The Hall–Kier alpha value is -2.22. The first kappa shape index (κ1) is 13.8. The fourth-order valence-electron chi connectivity index (χ4n) is 1.49. The van der Waals surface area contributed by atoms with E-state index >= 15 is 0 Å². The maximum atomic E-state index is 11.9. The Balaban J connectivity index is 2.67. The molecule has 0 fully saturated rings. The lowest BCUT2D eigenvalue weighted by atomic mass is 10.2. The van der Waals surface area contributed by atoms with Gasteiger partial charge in [0.05, 0.1) is 24.8 Å². The molecule has 0 aliphatic rings. The van der Waals surface area contributed by atoms with E-state index in [4.69, 9.17) is 10.00 Å². The molecule has 1 atom stereocenters. The molecule has 2 amide bonds. The smallest absolute Gasteiger partial charge is 0.321 e. The SMILES string of the molecule is COc1ccccc1NC(=O)N(C)CC(C)C#N. The first-order valence-corrected chi connectivity index (χ1v) is 5.63. The molecule has 0 saturated heterocycles. The number of hydrogen-bond donors (Lipinski definition) is 1. The van der Waals surface area contributed by atoms with Crippen LogP contribution in [-0.4, -0.2) is 31.6 Å². The summed E-state index contributed by atoms with van der Waals surface area (Å²) in [5, 5.41) is 11.5. The summed E-state index contributed by atoms with van der Waals surface area (Å²) in [6.07, 6.45) is 0. The lowest BCUT2D eigenvalue weighted by Crippen LogP contribution is -2.34. The van der Waals surface area contributed by atoms with Gasteiger partial charge in [0, 0.05) is 13.6 Å². The van der Waals surface area contributed by atoms with Crippen LogP contribution < -0.4 is 10.1 Å². The number of para-hydroxylation sites is 2. The van der Waals surface area contributed by atoms with Gasteiger partial charge in [-0.25, -0.2) is 4.79 Å². The zero-order valence-electron chi connectivity index (χ0n) is 10.8. The third kappa shape index (κ3) is 3.67. The van der Waals surface area contributed by atoms with E-state index in [0.29, 0.717) is 18.0 Å². The summed E-state index contributed by atoms with van der Waals surface area (Å²) in [4.78, 5) is 13.4. The molecule has 0 heterocycles. The zero-order valence-corrected chi connectivity index (χ0v) is 10.8. The van der Waals surface area contributed by atoms with Crippen molar-refractivity contribution in [2.75, 3.05) is 26.0 Å². The third-order valence-corrected chi connectivity index (χ3v) is 2.46. The number of anilines is 1. The topological polar surface area (TPSA) is 65.4 Å². The molecule has 0 aromatic heterocycles. The molecular formula is C13H17N3O2. The summed E-state index contributed by atoms with van der Waals surface area (Å²) in [5.41, 5.74) is 0.612. The lowest BCUT2D eigenvalue weighted by Gasteiger charge is -2.19. The maximum Gasteiger partial charge on any atom is 0.321 e. The van der Waals surface area contributed by atoms with E-state index < -0.39 is 0 Å². The van der Waals surface area contributed by atoms with Crippen molar-refractivity contribution >= 4 is 11.7 Å². The van der Waals surface area contributed by atoms with Crippen LogP contribution in [0.25, 0.3) is 0 Å². The lowest BCUT2D eigenvalue weighted by molar-refractivity contribution is 0.219. The highest BCUT2D eigenvalue weighted by Gasteiger charge is 2.13. The van der Waals surface area contributed by atoms with E-state index in [0.717, 1.165) is 0 Å². The Kier molecular flexibility index (Phi) is 5.00. The summed E-state index contributed by atoms with van der Waals surface area (Å²) in [6.45, 7) is 2.16. The largest absolute Gasteiger partial charge is 0.495 e. The van der Waals surface area contributed by atoms with E-state index in [2.05, 4.69) is 11.4 Å². The Morgan fingerprint density at radius 1 is 1.56 bits per heavy atom. The quantitative estimate of drug-likeness (QED) is 0.888. The summed E-state index contributed by atoms with van der Waals surface area (Å²) < 4.78 is 5.14. The van der Waals surface area contributed by atoms with Crippen LogP contribution in [0.3, 0.4) is 0 Å². The predicted molar refractivity (Wildman–Crippen MR) is 69.4 cm³/mol. The van der Waals surface area contributed by atoms with Crippen molar-refractivity contribution in [1.82, 2.24) is 4.90 Å². The number of methoxy groups -OCH3 is 1. The number of amides is 2. The predicted octanol–water partition coefficient (Wildman–Crippen LogP) is 2.32. The highest BCUT2D eigenvalue weighted by Crippen LogP contribution is 2.23. The van der Waals surface area contributed by atoms with Gasteiger partial charge in [-0.3, -0.25) is 0 Å². The van der Waals surface area contributed by atoms with Gasteiger partial charge in [0.2, 0.25) is 0 Å². The van der Waals surface area contributed by atoms with Gasteiger partial charge in [-0.2, -0.15) is 5.26 Å². The number of nitriles is 1. The molecule has 0 radical (unpaired) electrons. The number of urea groups is 1. The van der Waals surface area contributed by atoms with Crippen LogP contribution in [0, 0.1) is 17.2 Å². The van der Waals surface area contributed by atoms with E-state index in [1.807, 2.05) is 12.1 Å². The van der Waals surface area contributed by atoms with Crippen molar-refractivity contribution in [3.8, 4) is 11.8 Å². The fraction of sp³-hybridized carbons (Fsp3) is 0.385. The zero-order chi connectivity index (χ0) is 13.5. The summed E-state index contributed by atoms with van der Waals surface area (Å²) in [7, 11) is 3.20. The van der Waals surface area contributed by atoms with Crippen LogP contribution >= 0.6 is 0 Å². The number of nitrogens with one attached hydrogen (secondary N) is 1. The minimum Gasteiger partial charge on any atom is -0.495 e. The Bertz CT molecular complexity index is 454. The molecule has 18 heavy (non-hydrogen) atoms. The number of ether oxygens (including phenoxy) is 1. The van der Waals surface area contributed by atoms with E-state index in [9.17, 15) is 4.79 Å².